The quantitative estimate of drug-likeness (QED) is 0.485. The van der Waals surface area contributed by atoms with Crippen LogP contribution >= 0.6 is 11.6 Å². The Hall–Kier alpha value is -3.10. The highest BCUT2D eigenvalue weighted by atomic mass is 35.5. The first-order valence-corrected chi connectivity index (χ1v) is 11.6. The lowest BCUT2D eigenvalue weighted by Gasteiger charge is -2.32. The monoisotopic (exact) mass is 484 g/mol. The number of piperidine rings is 1. The van der Waals surface area contributed by atoms with Gasteiger partial charge in [0.25, 0.3) is 0 Å². The van der Waals surface area contributed by atoms with E-state index < -0.39 is 0 Å². The highest BCUT2D eigenvalue weighted by Crippen LogP contribution is 2.31. The standard InChI is InChI=1S/C25H29ClN4O4/c1-16-5-7-19(26)14-20(16)29(2)25(31)17-9-11-30(12-10-17)15-23-27-24(28-34-23)18-6-8-21(32-3)22(13-18)33-4/h5-8,13-14,17H,9-12,15H2,1-4H3. The van der Waals surface area contributed by atoms with Crippen LogP contribution < -0.4 is 14.4 Å². The molecule has 0 saturated carbocycles. The third kappa shape index (κ3) is 5.18. The zero-order valence-electron chi connectivity index (χ0n) is 19.9. The van der Waals surface area contributed by atoms with Gasteiger partial charge in [-0.25, -0.2) is 0 Å². The number of aromatic nitrogens is 2. The zero-order chi connectivity index (χ0) is 24.2. The van der Waals surface area contributed by atoms with E-state index in [1.54, 1.807) is 19.1 Å². The number of hydrogen-bond donors (Lipinski definition) is 0. The van der Waals surface area contributed by atoms with Crippen LogP contribution in [0, 0.1) is 12.8 Å². The van der Waals surface area contributed by atoms with E-state index in [9.17, 15) is 4.79 Å². The molecule has 1 aliphatic heterocycles. The number of carbonyl (C=O) groups is 1. The molecule has 34 heavy (non-hydrogen) atoms. The Kier molecular flexibility index (Phi) is 7.38. The fraction of sp³-hybridized carbons (Fsp3) is 0.400. The normalized spacial score (nSPS) is 14.7. The van der Waals surface area contributed by atoms with Gasteiger partial charge in [0, 0.05) is 29.2 Å². The fourth-order valence-electron chi connectivity index (χ4n) is 4.28. The maximum atomic E-state index is 13.1. The minimum Gasteiger partial charge on any atom is -0.493 e. The molecule has 0 aliphatic carbocycles. The number of nitrogens with zero attached hydrogens (tertiary/aromatic N) is 4. The number of hydrogen-bond acceptors (Lipinski definition) is 7. The first-order chi connectivity index (χ1) is 16.4. The molecule has 1 aliphatic rings. The van der Waals surface area contributed by atoms with Crippen LogP contribution in [0.1, 0.15) is 24.3 Å². The first kappa shape index (κ1) is 24.0. The molecule has 1 saturated heterocycles. The molecule has 8 nitrogen and oxygen atoms in total. The first-order valence-electron chi connectivity index (χ1n) is 11.2. The summed E-state index contributed by atoms with van der Waals surface area (Å²) in [6.07, 6.45) is 1.55. The van der Waals surface area contributed by atoms with Crippen molar-refractivity contribution in [1.29, 1.82) is 0 Å². The van der Waals surface area contributed by atoms with Crippen molar-refractivity contribution < 1.29 is 18.8 Å². The number of benzene rings is 2. The highest BCUT2D eigenvalue weighted by molar-refractivity contribution is 6.31. The summed E-state index contributed by atoms with van der Waals surface area (Å²) in [4.78, 5) is 21.6. The molecule has 2 heterocycles. The van der Waals surface area contributed by atoms with Gasteiger partial charge in [-0.15, -0.1) is 0 Å². The van der Waals surface area contributed by atoms with Gasteiger partial charge in [0.15, 0.2) is 11.5 Å². The summed E-state index contributed by atoms with van der Waals surface area (Å²) in [5, 5.41) is 4.74. The SMILES string of the molecule is COc1ccc(-c2noc(CN3CCC(C(=O)N(C)c4cc(Cl)ccc4C)CC3)n2)cc1OC. The number of likely N-dealkylation sites (tertiary alicyclic amines) is 1. The summed E-state index contributed by atoms with van der Waals surface area (Å²) >= 11 is 6.14. The van der Waals surface area contributed by atoms with Gasteiger partial charge in [-0.05, 0) is 68.8 Å². The average molecular weight is 485 g/mol. The van der Waals surface area contributed by atoms with Gasteiger partial charge in [0.2, 0.25) is 17.6 Å². The molecule has 0 N–H and O–H groups in total. The molecule has 9 heteroatoms. The van der Waals surface area contributed by atoms with Crippen LogP contribution in [0.2, 0.25) is 5.02 Å². The topological polar surface area (TPSA) is 80.9 Å². The van der Waals surface area contributed by atoms with Gasteiger partial charge in [-0.1, -0.05) is 22.8 Å². The van der Waals surface area contributed by atoms with Crippen molar-refractivity contribution >= 4 is 23.2 Å². The van der Waals surface area contributed by atoms with Gasteiger partial charge in [-0.2, -0.15) is 4.98 Å². The van der Waals surface area contributed by atoms with E-state index in [1.807, 2.05) is 50.4 Å². The minimum absolute atomic E-state index is 0.0235. The van der Waals surface area contributed by atoms with Crippen LogP contribution in [-0.4, -0.2) is 55.3 Å². The molecule has 0 radical (unpaired) electrons. The number of rotatable bonds is 7. The number of carbonyl (C=O) groups excluding carboxylic acids is 1. The van der Waals surface area contributed by atoms with Gasteiger partial charge in [0.05, 0.1) is 20.8 Å². The van der Waals surface area contributed by atoms with Crippen LogP contribution in [0.25, 0.3) is 11.4 Å². The summed E-state index contributed by atoms with van der Waals surface area (Å²) in [5.74, 6) is 2.39. The van der Waals surface area contributed by atoms with E-state index in [1.165, 1.54) is 0 Å². The van der Waals surface area contributed by atoms with Crippen molar-refractivity contribution in [2.45, 2.75) is 26.3 Å². The van der Waals surface area contributed by atoms with Gasteiger partial charge in [0.1, 0.15) is 0 Å². The molecule has 0 spiro atoms. The average Bonchev–Trinajstić information content (AvgIpc) is 3.33. The lowest BCUT2D eigenvalue weighted by molar-refractivity contribution is -0.123. The second-order valence-electron chi connectivity index (χ2n) is 8.46. The molecule has 0 atom stereocenters. The molecule has 0 unspecified atom stereocenters. The van der Waals surface area contributed by atoms with E-state index in [4.69, 9.17) is 25.6 Å². The van der Waals surface area contributed by atoms with E-state index in [0.29, 0.717) is 34.8 Å². The molecule has 180 valence electrons. The Morgan fingerprint density at radius 3 is 2.59 bits per heavy atom. The van der Waals surface area contributed by atoms with Crippen molar-refractivity contribution in [2.24, 2.45) is 5.92 Å². The van der Waals surface area contributed by atoms with Crippen molar-refractivity contribution in [3.05, 3.63) is 52.9 Å². The van der Waals surface area contributed by atoms with E-state index >= 15 is 0 Å². The second kappa shape index (κ2) is 10.4. The van der Waals surface area contributed by atoms with E-state index in [0.717, 1.165) is 42.7 Å². The predicted octanol–water partition coefficient (Wildman–Crippen LogP) is 4.59. The maximum absolute atomic E-state index is 13.1. The Morgan fingerprint density at radius 1 is 1.15 bits per heavy atom. The van der Waals surface area contributed by atoms with E-state index in [2.05, 4.69) is 15.0 Å². The zero-order valence-corrected chi connectivity index (χ0v) is 20.6. The van der Waals surface area contributed by atoms with E-state index in [-0.39, 0.29) is 11.8 Å². The fourth-order valence-corrected chi connectivity index (χ4v) is 4.44. The van der Waals surface area contributed by atoms with Crippen molar-refractivity contribution in [1.82, 2.24) is 15.0 Å². The summed E-state index contributed by atoms with van der Waals surface area (Å²) in [5.41, 5.74) is 2.67. The Bertz CT molecular complexity index is 1160. The van der Waals surface area contributed by atoms with Gasteiger partial charge in [-0.3, -0.25) is 9.69 Å². The maximum Gasteiger partial charge on any atom is 0.241 e. The summed E-state index contributed by atoms with van der Waals surface area (Å²) in [6, 6.07) is 11.1. The van der Waals surface area contributed by atoms with Crippen LogP contribution in [0.4, 0.5) is 5.69 Å². The number of amides is 1. The number of anilines is 1. The lowest BCUT2D eigenvalue weighted by atomic mass is 9.95. The van der Waals surface area contributed by atoms with Crippen molar-refractivity contribution in [3.8, 4) is 22.9 Å². The van der Waals surface area contributed by atoms with Gasteiger partial charge < -0.3 is 18.9 Å². The Balaban J connectivity index is 1.34. The molecular weight excluding hydrogens is 456 g/mol. The molecular formula is C25H29ClN4O4. The molecule has 0 bridgehead atoms. The summed E-state index contributed by atoms with van der Waals surface area (Å²) in [7, 11) is 5.00. The predicted molar refractivity (Wildman–Crippen MR) is 130 cm³/mol. The molecule has 1 fully saturated rings. The third-order valence-electron chi connectivity index (χ3n) is 6.27. The van der Waals surface area contributed by atoms with Crippen LogP contribution in [0.15, 0.2) is 40.9 Å². The van der Waals surface area contributed by atoms with Crippen LogP contribution in [-0.2, 0) is 11.3 Å². The summed E-state index contributed by atoms with van der Waals surface area (Å²) in [6.45, 7) is 4.10. The number of methoxy groups -OCH3 is 2. The number of ether oxygens (including phenoxy) is 2. The Morgan fingerprint density at radius 2 is 1.88 bits per heavy atom. The summed E-state index contributed by atoms with van der Waals surface area (Å²) < 4.78 is 16.1. The second-order valence-corrected chi connectivity index (χ2v) is 8.90. The molecule has 4 rings (SSSR count). The van der Waals surface area contributed by atoms with Crippen LogP contribution in [0.3, 0.4) is 0 Å². The lowest BCUT2D eigenvalue weighted by Crippen LogP contribution is -2.41. The number of halogens is 1. The largest absolute Gasteiger partial charge is 0.493 e. The Labute approximate surface area is 204 Å². The smallest absolute Gasteiger partial charge is 0.241 e. The van der Waals surface area contributed by atoms with Crippen molar-refractivity contribution in [3.63, 3.8) is 0 Å². The van der Waals surface area contributed by atoms with Crippen molar-refractivity contribution in [2.75, 3.05) is 39.3 Å². The third-order valence-corrected chi connectivity index (χ3v) is 6.50. The molecule has 1 amide bonds. The molecule has 3 aromatic rings. The molecule has 2 aromatic carbocycles. The minimum atomic E-state index is -0.0235. The number of aryl methyl sites for hydroxylation is 1. The van der Waals surface area contributed by atoms with Crippen LogP contribution in [0.5, 0.6) is 11.5 Å². The van der Waals surface area contributed by atoms with Gasteiger partial charge >= 0.3 is 0 Å². The highest BCUT2D eigenvalue weighted by Gasteiger charge is 2.29. The molecule has 1 aromatic heterocycles.